The Hall–Kier alpha value is -2.17. The van der Waals surface area contributed by atoms with Crippen molar-refractivity contribution in [2.24, 2.45) is 0 Å². The van der Waals surface area contributed by atoms with Crippen LogP contribution < -0.4 is 0 Å². The van der Waals surface area contributed by atoms with Crippen molar-refractivity contribution in [3.63, 3.8) is 0 Å². The summed E-state index contributed by atoms with van der Waals surface area (Å²) in [4.78, 5) is 2.12. The molecule has 3 rings (SSSR count). The lowest BCUT2D eigenvalue weighted by atomic mass is 9.96. The first kappa shape index (κ1) is 18.6. The van der Waals surface area contributed by atoms with E-state index in [1.54, 1.807) is 6.26 Å². The zero-order valence-corrected chi connectivity index (χ0v) is 16.8. The van der Waals surface area contributed by atoms with Crippen LogP contribution in [0, 0.1) is 6.92 Å². The van der Waals surface area contributed by atoms with Crippen molar-refractivity contribution in [2.75, 3.05) is 14.1 Å². The highest BCUT2D eigenvalue weighted by Gasteiger charge is 2.19. The first-order valence-electron chi connectivity index (χ1n) is 8.68. The molecular weight excluding hydrogens is 342 g/mol. The SMILES string of the molecule is CC1=C\c2c(oc(CN(C)C)c2C)/C(C)=C/OS/C=C\1c1ccccc1. The number of allylic oxidation sites excluding steroid dienone is 3. The monoisotopic (exact) mass is 367 g/mol. The van der Waals surface area contributed by atoms with Crippen LogP contribution in [0.3, 0.4) is 0 Å². The molecule has 0 fully saturated rings. The third-order valence-electron chi connectivity index (χ3n) is 4.43. The quantitative estimate of drug-likeness (QED) is 0.609. The van der Waals surface area contributed by atoms with Crippen molar-refractivity contribution in [3.05, 3.63) is 75.8 Å². The maximum absolute atomic E-state index is 6.22. The third-order valence-corrected chi connectivity index (χ3v) is 4.97. The number of fused-ring (bicyclic) bond motifs is 1. The molecule has 1 aromatic heterocycles. The summed E-state index contributed by atoms with van der Waals surface area (Å²) in [7, 11) is 4.10. The van der Waals surface area contributed by atoms with Gasteiger partial charge >= 0.3 is 0 Å². The molecule has 4 heteroatoms. The van der Waals surface area contributed by atoms with Crippen molar-refractivity contribution in [3.8, 4) is 0 Å². The Morgan fingerprint density at radius 3 is 2.42 bits per heavy atom. The van der Waals surface area contributed by atoms with Gasteiger partial charge in [-0.15, -0.1) is 0 Å². The van der Waals surface area contributed by atoms with E-state index in [4.69, 9.17) is 8.60 Å². The molecule has 1 aliphatic rings. The van der Waals surface area contributed by atoms with E-state index in [1.165, 1.54) is 28.7 Å². The summed E-state index contributed by atoms with van der Waals surface area (Å²) < 4.78 is 11.9. The molecule has 0 atom stereocenters. The van der Waals surface area contributed by atoms with Gasteiger partial charge < -0.3 is 13.5 Å². The van der Waals surface area contributed by atoms with E-state index in [0.29, 0.717) is 0 Å². The number of nitrogens with zero attached hydrogens (tertiary/aromatic N) is 1. The second-order valence-corrected chi connectivity index (χ2v) is 7.47. The Labute approximate surface area is 160 Å². The maximum Gasteiger partial charge on any atom is 0.140 e. The summed E-state index contributed by atoms with van der Waals surface area (Å²) in [5, 5.41) is 2.06. The maximum atomic E-state index is 6.22. The van der Waals surface area contributed by atoms with Gasteiger partial charge in [0.25, 0.3) is 0 Å². The van der Waals surface area contributed by atoms with Crippen molar-refractivity contribution in [1.82, 2.24) is 4.90 Å². The van der Waals surface area contributed by atoms with Gasteiger partial charge in [-0.3, -0.25) is 0 Å². The molecule has 0 aliphatic carbocycles. The van der Waals surface area contributed by atoms with Crippen LogP contribution in [-0.2, 0) is 10.7 Å². The van der Waals surface area contributed by atoms with Gasteiger partial charge in [0.1, 0.15) is 17.8 Å². The minimum Gasteiger partial charge on any atom is -0.459 e. The molecule has 2 aromatic rings. The molecule has 0 saturated carbocycles. The molecule has 0 radical (unpaired) electrons. The van der Waals surface area contributed by atoms with E-state index in [0.717, 1.165) is 34.8 Å². The molecule has 1 aromatic carbocycles. The lowest BCUT2D eigenvalue weighted by molar-refractivity contribution is 0.346. The third kappa shape index (κ3) is 3.97. The summed E-state index contributed by atoms with van der Waals surface area (Å²) in [6.07, 6.45) is 3.99. The Bertz CT molecular complexity index is 873. The summed E-state index contributed by atoms with van der Waals surface area (Å²) in [5.41, 5.74) is 6.82. The van der Waals surface area contributed by atoms with Gasteiger partial charge in [0, 0.05) is 16.5 Å². The molecule has 0 unspecified atom stereocenters. The zero-order chi connectivity index (χ0) is 18.7. The largest absolute Gasteiger partial charge is 0.459 e. The standard InChI is InChI=1S/C22H25NO2S/c1-15-11-19-17(3)21(12-23(4)5)25-22(19)16(2)13-24-26-14-20(15)18-9-7-6-8-10-18/h6-11,13-14H,12H2,1-5H3/b15-11+,16-13+,20-14+. The smallest absolute Gasteiger partial charge is 0.140 e. The van der Waals surface area contributed by atoms with Gasteiger partial charge in [-0.05, 0) is 63.2 Å². The van der Waals surface area contributed by atoms with Crippen LogP contribution in [0.5, 0.6) is 0 Å². The van der Waals surface area contributed by atoms with Crippen LogP contribution in [0.4, 0.5) is 0 Å². The van der Waals surface area contributed by atoms with Crippen molar-refractivity contribution < 1.29 is 8.60 Å². The number of rotatable bonds is 3. The molecule has 0 spiro atoms. The van der Waals surface area contributed by atoms with E-state index < -0.39 is 0 Å². The predicted molar refractivity (Wildman–Crippen MR) is 111 cm³/mol. The van der Waals surface area contributed by atoms with Crippen molar-refractivity contribution in [1.29, 1.82) is 0 Å². The van der Waals surface area contributed by atoms with Gasteiger partial charge in [-0.25, -0.2) is 0 Å². The second kappa shape index (κ2) is 8.02. The zero-order valence-electron chi connectivity index (χ0n) is 16.0. The van der Waals surface area contributed by atoms with E-state index in [1.807, 2.05) is 13.0 Å². The highest BCUT2D eigenvalue weighted by Crippen LogP contribution is 2.35. The highest BCUT2D eigenvalue weighted by molar-refractivity contribution is 7.97. The van der Waals surface area contributed by atoms with Crippen LogP contribution in [0.15, 0.2) is 52.0 Å². The van der Waals surface area contributed by atoms with Gasteiger partial charge in [0.05, 0.1) is 18.6 Å². The fraction of sp³-hybridized carbons (Fsp3) is 0.273. The van der Waals surface area contributed by atoms with Gasteiger partial charge in [-0.1, -0.05) is 30.3 Å². The van der Waals surface area contributed by atoms with Crippen LogP contribution in [0.25, 0.3) is 17.2 Å². The van der Waals surface area contributed by atoms with Crippen LogP contribution in [0.1, 0.15) is 42.1 Å². The molecule has 0 amide bonds. The Kier molecular flexibility index (Phi) is 5.74. The Balaban J connectivity index is 2.14. The molecule has 26 heavy (non-hydrogen) atoms. The Morgan fingerprint density at radius 2 is 1.73 bits per heavy atom. The minimum absolute atomic E-state index is 0.774. The van der Waals surface area contributed by atoms with Crippen LogP contribution in [0.2, 0.25) is 0 Å². The van der Waals surface area contributed by atoms with Crippen molar-refractivity contribution >= 4 is 29.3 Å². The number of hydrogen-bond donors (Lipinski definition) is 0. The summed E-state index contributed by atoms with van der Waals surface area (Å²) in [6, 6.07) is 10.4. The molecule has 3 nitrogen and oxygen atoms in total. The highest BCUT2D eigenvalue weighted by atomic mass is 32.2. The fourth-order valence-electron chi connectivity index (χ4n) is 3.01. The topological polar surface area (TPSA) is 25.6 Å². The summed E-state index contributed by atoms with van der Waals surface area (Å²) in [6.45, 7) is 7.07. The molecule has 0 bridgehead atoms. The first-order chi connectivity index (χ1) is 12.5. The molecule has 1 aliphatic heterocycles. The second-order valence-electron chi connectivity index (χ2n) is 6.85. The molecule has 0 saturated heterocycles. The van der Waals surface area contributed by atoms with Crippen LogP contribution >= 0.6 is 12.0 Å². The van der Waals surface area contributed by atoms with E-state index in [9.17, 15) is 0 Å². The fourth-order valence-corrected chi connectivity index (χ4v) is 3.68. The number of hydrogen-bond acceptors (Lipinski definition) is 4. The Morgan fingerprint density at radius 1 is 1.00 bits per heavy atom. The summed E-state index contributed by atoms with van der Waals surface area (Å²) >= 11 is 1.33. The molecule has 2 heterocycles. The minimum atomic E-state index is 0.774. The molecular formula is C22H25NO2S. The molecule has 0 N–H and O–H groups in total. The van der Waals surface area contributed by atoms with Gasteiger partial charge in [-0.2, -0.15) is 0 Å². The number of benzene rings is 1. The van der Waals surface area contributed by atoms with E-state index in [2.05, 4.69) is 68.6 Å². The predicted octanol–water partition coefficient (Wildman–Crippen LogP) is 6.13. The average Bonchev–Trinajstić information content (AvgIpc) is 2.91. The normalized spacial score (nSPS) is 20.9. The van der Waals surface area contributed by atoms with E-state index >= 15 is 0 Å². The number of furan rings is 1. The van der Waals surface area contributed by atoms with Crippen LogP contribution in [-0.4, -0.2) is 19.0 Å². The van der Waals surface area contributed by atoms with Crippen molar-refractivity contribution in [2.45, 2.75) is 27.3 Å². The van der Waals surface area contributed by atoms with Gasteiger partial charge in [0.15, 0.2) is 0 Å². The van der Waals surface area contributed by atoms with E-state index in [-0.39, 0.29) is 0 Å². The van der Waals surface area contributed by atoms with Gasteiger partial charge in [0.2, 0.25) is 0 Å². The molecule has 136 valence electrons. The first-order valence-corrected chi connectivity index (χ1v) is 9.48. The summed E-state index contributed by atoms with van der Waals surface area (Å²) in [5.74, 6) is 1.88. The lowest BCUT2D eigenvalue weighted by Gasteiger charge is -2.11. The average molecular weight is 368 g/mol. The lowest BCUT2D eigenvalue weighted by Crippen LogP contribution is -2.10.